The maximum Gasteiger partial charge on any atom is 0.307 e. The largest absolute Gasteiger partial charge is 0.481 e. The fourth-order valence-electron chi connectivity index (χ4n) is 7.48. The van der Waals surface area contributed by atoms with Crippen LogP contribution in [0, 0.1) is 46.3 Å². The second kappa shape index (κ2) is 8.60. The van der Waals surface area contributed by atoms with E-state index < -0.39 is 46.5 Å². The molecule has 0 aromatic carbocycles. The summed E-state index contributed by atoms with van der Waals surface area (Å²) in [5, 5.41) is 28.1. The van der Waals surface area contributed by atoms with E-state index in [1.54, 1.807) is 6.92 Å². The average molecular weight is 451 g/mol. The lowest BCUT2D eigenvalue weighted by atomic mass is 9.45. The summed E-state index contributed by atoms with van der Waals surface area (Å²) in [5.41, 5.74) is -1.69. The molecule has 0 spiro atoms. The SMILES string of the molecule is C[C@H](CCC(=O)O)[C@H]1CC[C@H]2[C@@H]3C(=O)C[C@@H](C(=O)O)[C@](C)(CCC(=O)O)[C@H]3CC(=O)[C@]12C. The van der Waals surface area contributed by atoms with E-state index in [2.05, 4.69) is 0 Å². The average Bonchev–Trinajstić information content (AvgIpc) is 3.06. The molecule has 3 rings (SSSR count). The van der Waals surface area contributed by atoms with Gasteiger partial charge in [0.1, 0.15) is 11.6 Å². The first-order valence-electron chi connectivity index (χ1n) is 11.6. The molecule has 8 atom stereocenters. The van der Waals surface area contributed by atoms with Gasteiger partial charge < -0.3 is 15.3 Å². The molecule has 0 aliphatic heterocycles. The molecule has 3 aliphatic rings. The molecule has 3 saturated carbocycles. The number of hydrogen-bond acceptors (Lipinski definition) is 5. The lowest BCUT2D eigenvalue weighted by molar-refractivity contribution is -0.174. The Kier molecular flexibility index (Phi) is 6.55. The van der Waals surface area contributed by atoms with Gasteiger partial charge in [0.05, 0.1) is 5.92 Å². The van der Waals surface area contributed by atoms with Gasteiger partial charge in [0.25, 0.3) is 0 Å². The van der Waals surface area contributed by atoms with E-state index in [0.717, 1.165) is 6.42 Å². The zero-order chi connectivity index (χ0) is 24.0. The van der Waals surface area contributed by atoms with Crippen molar-refractivity contribution >= 4 is 29.5 Å². The van der Waals surface area contributed by atoms with Crippen LogP contribution in [0.15, 0.2) is 0 Å². The Morgan fingerprint density at radius 2 is 1.59 bits per heavy atom. The molecule has 8 nitrogen and oxygen atoms in total. The van der Waals surface area contributed by atoms with Crippen molar-refractivity contribution in [3.63, 3.8) is 0 Å². The second-order valence-corrected chi connectivity index (χ2v) is 10.7. The third-order valence-electron chi connectivity index (χ3n) is 9.30. The van der Waals surface area contributed by atoms with Gasteiger partial charge in [0, 0.05) is 37.0 Å². The molecule has 3 aliphatic carbocycles. The minimum atomic E-state index is -1.11. The van der Waals surface area contributed by atoms with Crippen LogP contribution in [-0.2, 0) is 24.0 Å². The van der Waals surface area contributed by atoms with E-state index in [4.69, 9.17) is 5.11 Å². The third kappa shape index (κ3) is 3.86. The molecule has 3 N–H and O–H groups in total. The summed E-state index contributed by atoms with van der Waals surface area (Å²) >= 11 is 0. The number of carbonyl (C=O) groups is 5. The van der Waals surface area contributed by atoms with Crippen LogP contribution in [0.25, 0.3) is 0 Å². The van der Waals surface area contributed by atoms with Gasteiger partial charge in [-0.1, -0.05) is 20.8 Å². The predicted molar refractivity (Wildman–Crippen MR) is 113 cm³/mol. The highest BCUT2D eigenvalue weighted by Crippen LogP contribution is 2.65. The number of hydrogen-bond donors (Lipinski definition) is 3. The lowest BCUT2D eigenvalue weighted by Crippen LogP contribution is -2.60. The normalized spacial score (nSPS) is 39.8. The van der Waals surface area contributed by atoms with E-state index in [1.807, 2.05) is 13.8 Å². The Morgan fingerprint density at radius 1 is 0.969 bits per heavy atom. The van der Waals surface area contributed by atoms with Crippen molar-refractivity contribution in [3.05, 3.63) is 0 Å². The summed E-state index contributed by atoms with van der Waals surface area (Å²) in [4.78, 5) is 61.3. The van der Waals surface area contributed by atoms with E-state index >= 15 is 0 Å². The molecule has 0 aromatic heterocycles. The van der Waals surface area contributed by atoms with Crippen molar-refractivity contribution in [3.8, 4) is 0 Å². The maximum atomic E-state index is 13.6. The van der Waals surface area contributed by atoms with Crippen molar-refractivity contribution in [2.75, 3.05) is 0 Å². The quantitative estimate of drug-likeness (QED) is 0.511. The molecule has 0 bridgehead atoms. The topological polar surface area (TPSA) is 146 Å². The summed E-state index contributed by atoms with van der Waals surface area (Å²) in [6.45, 7) is 5.63. The zero-order valence-corrected chi connectivity index (χ0v) is 19.0. The van der Waals surface area contributed by atoms with Gasteiger partial charge in [-0.05, 0) is 54.8 Å². The first kappa shape index (κ1) is 24.4. The molecule has 0 unspecified atom stereocenters. The number of aliphatic carboxylic acids is 3. The molecule has 0 saturated heterocycles. The van der Waals surface area contributed by atoms with Gasteiger partial charge in [0.2, 0.25) is 0 Å². The number of carboxylic acid groups (broad SMARTS) is 3. The molecule has 32 heavy (non-hydrogen) atoms. The highest BCUT2D eigenvalue weighted by Gasteiger charge is 2.66. The van der Waals surface area contributed by atoms with Crippen LogP contribution in [0.4, 0.5) is 0 Å². The minimum absolute atomic E-state index is 0.00816. The van der Waals surface area contributed by atoms with Gasteiger partial charge in [0.15, 0.2) is 0 Å². The van der Waals surface area contributed by atoms with Gasteiger partial charge in [-0.3, -0.25) is 24.0 Å². The van der Waals surface area contributed by atoms with E-state index in [-0.39, 0.29) is 61.4 Å². The third-order valence-corrected chi connectivity index (χ3v) is 9.30. The van der Waals surface area contributed by atoms with Gasteiger partial charge in [-0.15, -0.1) is 0 Å². The number of Topliss-reactive ketones (excluding diaryl/α,β-unsaturated/α-hetero) is 2. The monoisotopic (exact) mass is 450 g/mol. The van der Waals surface area contributed by atoms with E-state index in [0.29, 0.717) is 12.8 Å². The highest BCUT2D eigenvalue weighted by molar-refractivity contribution is 5.94. The van der Waals surface area contributed by atoms with Crippen LogP contribution in [0.1, 0.15) is 72.1 Å². The van der Waals surface area contributed by atoms with Crippen molar-refractivity contribution in [1.29, 1.82) is 0 Å². The molecular weight excluding hydrogens is 416 g/mol. The van der Waals surface area contributed by atoms with Crippen LogP contribution in [0.2, 0.25) is 0 Å². The van der Waals surface area contributed by atoms with Gasteiger partial charge in [-0.2, -0.15) is 0 Å². The number of carbonyl (C=O) groups excluding carboxylic acids is 2. The summed E-state index contributed by atoms with van der Waals surface area (Å²) in [6.07, 6.45) is 1.76. The molecule has 0 heterocycles. The molecule has 0 amide bonds. The van der Waals surface area contributed by atoms with E-state index in [9.17, 15) is 34.2 Å². The Morgan fingerprint density at radius 3 is 2.16 bits per heavy atom. The standard InChI is InChI=1S/C24H34O8/c1-12(4-7-19(27)28)13-5-6-14-21-15(11-18(26)24(13,14)3)23(2,9-8-20(29)30)16(22(31)32)10-17(21)25/h12-16,21H,4-11H2,1-3H3,(H,27,28)(H,29,30)(H,31,32)/t12-,13-,14+,15+,16+,21+,23-,24-/m1/s1. The molecule has 0 radical (unpaired) electrons. The number of rotatable bonds is 8. The smallest absolute Gasteiger partial charge is 0.307 e. The van der Waals surface area contributed by atoms with Crippen molar-refractivity contribution < 1.29 is 39.3 Å². The number of carboxylic acids is 3. The summed E-state index contributed by atoms with van der Waals surface area (Å²) < 4.78 is 0. The van der Waals surface area contributed by atoms with Crippen LogP contribution in [-0.4, -0.2) is 44.8 Å². The second-order valence-electron chi connectivity index (χ2n) is 10.7. The lowest BCUT2D eigenvalue weighted by Gasteiger charge is -2.56. The van der Waals surface area contributed by atoms with Crippen molar-refractivity contribution in [2.45, 2.75) is 72.1 Å². The van der Waals surface area contributed by atoms with Gasteiger partial charge >= 0.3 is 17.9 Å². The Balaban J connectivity index is 1.96. The fourth-order valence-corrected chi connectivity index (χ4v) is 7.48. The molecule has 8 heteroatoms. The summed E-state index contributed by atoms with van der Waals surface area (Å²) in [6, 6.07) is 0. The van der Waals surface area contributed by atoms with Gasteiger partial charge in [-0.25, -0.2) is 0 Å². The Hall–Kier alpha value is -2.25. The van der Waals surface area contributed by atoms with Crippen LogP contribution >= 0.6 is 0 Å². The maximum absolute atomic E-state index is 13.6. The Bertz CT molecular complexity index is 834. The molecule has 3 fully saturated rings. The summed E-state index contributed by atoms with van der Waals surface area (Å²) in [5.74, 6) is -5.28. The molecular formula is C24H34O8. The molecule has 178 valence electrons. The Labute approximate surface area is 187 Å². The van der Waals surface area contributed by atoms with Crippen LogP contribution in [0.3, 0.4) is 0 Å². The number of ketones is 2. The van der Waals surface area contributed by atoms with Crippen LogP contribution < -0.4 is 0 Å². The fraction of sp³-hybridized carbons (Fsp3) is 0.792. The van der Waals surface area contributed by atoms with Crippen molar-refractivity contribution in [1.82, 2.24) is 0 Å². The van der Waals surface area contributed by atoms with Crippen LogP contribution in [0.5, 0.6) is 0 Å². The first-order valence-corrected chi connectivity index (χ1v) is 11.6. The minimum Gasteiger partial charge on any atom is -0.481 e. The zero-order valence-electron chi connectivity index (χ0n) is 19.0. The number of fused-ring (bicyclic) bond motifs is 3. The highest BCUT2D eigenvalue weighted by atomic mass is 16.4. The summed E-state index contributed by atoms with van der Waals surface area (Å²) in [7, 11) is 0. The van der Waals surface area contributed by atoms with Crippen molar-refractivity contribution in [2.24, 2.45) is 46.3 Å². The molecule has 0 aromatic rings. The van der Waals surface area contributed by atoms with E-state index in [1.165, 1.54) is 0 Å². The predicted octanol–water partition coefficient (Wildman–Crippen LogP) is 3.27. The first-order chi connectivity index (χ1) is 14.8.